The van der Waals surface area contributed by atoms with E-state index in [9.17, 15) is 18.3 Å². The molecule has 2 aliphatic carbocycles. The average molecular weight is 294 g/mol. The van der Waals surface area contributed by atoms with Gasteiger partial charge in [0, 0.05) is 0 Å². The van der Waals surface area contributed by atoms with Gasteiger partial charge >= 0.3 is 5.97 Å². The summed E-state index contributed by atoms with van der Waals surface area (Å²) >= 11 is 0. The van der Waals surface area contributed by atoms with E-state index >= 15 is 0 Å². The van der Waals surface area contributed by atoms with Gasteiger partial charge in [0.15, 0.2) is 9.84 Å². The highest BCUT2D eigenvalue weighted by Crippen LogP contribution is 2.45. The molecule has 1 aromatic carbocycles. The highest BCUT2D eigenvalue weighted by atomic mass is 32.2. The zero-order chi connectivity index (χ0) is 14.4. The van der Waals surface area contributed by atoms with E-state index in [4.69, 9.17) is 0 Å². The van der Waals surface area contributed by atoms with Crippen LogP contribution in [0.15, 0.2) is 29.2 Å². The maximum Gasteiger partial charge on any atom is 0.314 e. The van der Waals surface area contributed by atoms with E-state index in [-0.39, 0.29) is 10.1 Å². The van der Waals surface area contributed by atoms with Crippen LogP contribution in [0.1, 0.15) is 44.1 Å². The molecule has 2 aliphatic rings. The van der Waals surface area contributed by atoms with Gasteiger partial charge in [-0.2, -0.15) is 0 Å². The van der Waals surface area contributed by atoms with Gasteiger partial charge in [-0.1, -0.05) is 31.0 Å². The molecule has 0 saturated heterocycles. The quantitative estimate of drug-likeness (QED) is 0.926. The van der Waals surface area contributed by atoms with Crippen molar-refractivity contribution in [3.63, 3.8) is 0 Å². The van der Waals surface area contributed by atoms with Crippen LogP contribution in [0.25, 0.3) is 0 Å². The highest BCUT2D eigenvalue weighted by Gasteiger charge is 2.47. The van der Waals surface area contributed by atoms with E-state index in [0.717, 1.165) is 12.8 Å². The zero-order valence-corrected chi connectivity index (χ0v) is 12.0. The summed E-state index contributed by atoms with van der Waals surface area (Å²) in [6.45, 7) is 0. The third-order valence-electron chi connectivity index (χ3n) is 4.54. The van der Waals surface area contributed by atoms with Gasteiger partial charge in [0.2, 0.25) is 0 Å². The van der Waals surface area contributed by atoms with E-state index in [1.807, 2.05) is 0 Å². The van der Waals surface area contributed by atoms with Crippen molar-refractivity contribution in [3.8, 4) is 0 Å². The second kappa shape index (κ2) is 4.58. The predicted octanol–water partition coefficient (Wildman–Crippen LogP) is 2.52. The molecule has 0 atom stereocenters. The zero-order valence-electron chi connectivity index (χ0n) is 11.2. The molecule has 5 heteroatoms. The first-order chi connectivity index (χ1) is 9.48. The van der Waals surface area contributed by atoms with Crippen molar-refractivity contribution in [2.45, 2.75) is 54.1 Å². The van der Waals surface area contributed by atoms with Crippen LogP contribution < -0.4 is 0 Å². The lowest BCUT2D eigenvalue weighted by Gasteiger charge is -2.26. The number of benzene rings is 1. The first-order valence-corrected chi connectivity index (χ1v) is 8.60. The molecule has 20 heavy (non-hydrogen) atoms. The minimum atomic E-state index is -3.37. The van der Waals surface area contributed by atoms with Crippen molar-refractivity contribution < 1.29 is 18.3 Å². The van der Waals surface area contributed by atoms with Crippen LogP contribution in [0.5, 0.6) is 0 Å². The lowest BCUT2D eigenvalue weighted by Crippen LogP contribution is -2.34. The lowest BCUT2D eigenvalue weighted by molar-refractivity contribution is -0.143. The van der Waals surface area contributed by atoms with Crippen LogP contribution >= 0.6 is 0 Å². The molecule has 0 heterocycles. The van der Waals surface area contributed by atoms with Crippen molar-refractivity contribution >= 4 is 15.8 Å². The topological polar surface area (TPSA) is 71.4 Å². The molecule has 2 fully saturated rings. The number of aliphatic carboxylic acids is 1. The molecule has 1 N–H and O–H groups in total. The number of carboxylic acids is 1. The van der Waals surface area contributed by atoms with Gasteiger partial charge in [0.05, 0.1) is 15.6 Å². The van der Waals surface area contributed by atoms with E-state index in [2.05, 4.69) is 0 Å². The fraction of sp³-hybridized carbons (Fsp3) is 0.533. The van der Waals surface area contributed by atoms with Gasteiger partial charge in [-0.3, -0.25) is 4.79 Å². The van der Waals surface area contributed by atoms with Gasteiger partial charge in [-0.05, 0) is 37.3 Å². The Balaban J connectivity index is 2.17. The Morgan fingerprint density at radius 2 is 1.75 bits per heavy atom. The Morgan fingerprint density at radius 1 is 1.15 bits per heavy atom. The van der Waals surface area contributed by atoms with Crippen LogP contribution in [0.2, 0.25) is 0 Å². The van der Waals surface area contributed by atoms with E-state index in [1.54, 1.807) is 24.3 Å². The summed E-state index contributed by atoms with van der Waals surface area (Å²) in [7, 11) is -3.37. The highest BCUT2D eigenvalue weighted by molar-refractivity contribution is 7.92. The summed E-state index contributed by atoms with van der Waals surface area (Å²) in [4.78, 5) is 12.0. The molecule has 108 valence electrons. The molecule has 0 radical (unpaired) electrons. The number of hydrogen-bond acceptors (Lipinski definition) is 3. The maximum atomic E-state index is 12.5. The lowest BCUT2D eigenvalue weighted by atomic mass is 9.79. The maximum absolute atomic E-state index is 12.5. The molecule has 0 aliphatic heterocycles. The van der Waals surface area contributed by atoms with E-state index in [0.29, 0.717) is 31.2 Å². The van der Waals surface area contributed by atoms with Crippen LogP contribution in [0, 0.1) is 0 Å². The second-order valence-electron chi connectivity index (χ2n) is 5.83. The third-order valence-corrected chi connectivity index (χ3v) is 6.86. The molecular weight excluding hydrogens is 276 g/mol. The van der Waals surface area contributed by atoms with Gasteiger partial charge in [0.25, 0.3) is 0 Å². The van der Waals surface area contributed by atoms with Crippen molar-refractivity contribution in [1.29, 1.82) is 0 Å². The monoisotopic (exact) mass is 294 g/mol. The Hall–Kier alpha value is -1.36. The number of rotatable bonds is 4. The molecule has 4 nitrogen and oxygen atoms in total. The number of carbonyl (C=O) groups is 1. The third kappa shape index (κ3) is 1.95. The Bertz CT molecular complexity index is 638. The van der Waals surface area contributed by atoms with Crippen LogP contribution in [-0.2, 0) is 20.0 Å². The standard InChI is InChI=1S/C15H18O4S/c16-14(17)15(9-3-4-10-15)12-5-1-2-6-13(12)20(18,19)11-7-8-11/h1-2,5-6,11H,3-4,7-10H2,(H,16,17). The van der Waals surface area contributed by atoms with Gasteiger partial charge < -0.3 is 5.11 Å². The van der Waals surface area contributed by atoms with Crippen molar-refractivity contribution in [1.82, 2.24) is 0 Å². The number of sulfone groups is 1. The predicted molar refractivity (Wildman–Crippen MR) is 74.4 cm³/mol. The van der Waals surface area contributed by atoms with E-state index in [1.165, 1.54) is 0 Å². The SMILES string of the molecule is O=C(O)C1(c2ccccc2S(=O)(=O)C2CC2)CCCC1. The number of hydrogen-bond donors (Lipinski definition) is 1. The van der Waals surface area contributed by atoms with Crippen molar-refractivity contribution in [2.75, 3.05) is 0 Å². The van der Waals surface area contributed by atoms with E-state index < -0.39 is 21.2 Å². The molecular formula is C15H18O4S. The normalized spacial score (nSPS) is 21.8. The Kier molecular flexibility index (Phi) is 3.12. The fourth-order valence-corrected chi connectivity index (χ4v) is 5.20. The van der Waals surface area contributed by atoms with Crippen LogP contribution in [0.3, 0.4) is 0 Å². The largest absolute Gasteiger partial charge is 0.481 e. The van der Waals surface area contributed by atoms with Gasteiger partial charge in [-0.25, -0.2) is 8.42 Å². The van der Waals surface area contributed by atoms with Crippen molar-refractivity contribution in [3.05, 3.63) is 29.8 Å². The Morgan fingerprint density at radius 3 is 2.30 bits per heavy atom. The molecule has 1 aromatic rings. The van der Waals surface area contributed by atoms with Gasteiger partial charge in [0.1, 0.15) is 0 Å². The molecule has 0 bridgehead atoms. The average Bonchev–Trinajstić information content (AvgIpc) is 3.17. The summed E-state index contributed by atoms with van der Waals surface area (Å²) in [6.07, 6.45) is 4.11. The minimum Gasteiger partial charge on any atom is -0.481 e. The van der Waals surface area contributed by atoms with Crippen LogP contribution in [-0.4, -0.2) is 24.7 Å². The van der Waals surface area contributed by atoms with Crippen molar-refractivity contribution in [2.24, 2.45) is 0 Å². The summed E-state index contributed by atoms with van der Waals surface area (Å²) < 4.78 is 25.1. The summed E-state index contributed by atoms with van der Waals surface area (Å²) in [5, 5.41) is 9.36. The Labute approximate surface area is 118 Å². The molecule has 0 amide bonds. The molecule has 0 unspecified atom stereocenters. The van der Waals surface area contributed by atoms with Crippen LogP contribution in [0.4, 0.5) is 0 Å². The minimum absolute atomic E-state index is 0.242. The fourth-order valence-electron chi connectivity index (χ4n) is 3.24. The second-order valence-corrected chi connectivity index (χ2v) is 8.03. The molecule has 0 aromatic heterocycles. The number of carboxylic acid groups (broad SMARTS) is 1. The smallest absolute Gasteiger partial charge is 0.314 e. The molecule has 0 spiro atoms. The summed E-state index contributed by atoms with van der Waals surface area (Å²) in [5.74, 6) is -0.895. The molecule has 2 saturated carbocycles. The summed E-state index contributed by atoms with van der Waals surface area (Å²) in [5.41, 5.74) is -0.518. The van der Waals surface area contributed by atoms with Gasteiger partial charge in [-0.15, -0.1) is 0 Å². The first kappa shape index (κ1) is 13.6. The first-order valence-electron chi connectivity index (χ1n) is 7.05. The summed E-state index contributed by atoms with van der Waals surface area (Å²) in [6, 6.07) is 6.69. The molecule has 3 rings (SSSR count).